The fourth-order valence-corrected chi connectivity index (χ4v) is 3.80. The highest BCUT2D eigenvalue weighted by atomic mass is 32.2. The van der Waals surface area contributed by atoms with Crippen molar-refractivity contribution < 1.29 is 13.2 Å². The number of carbonyl (C=O) groups excluding carboxylic acids is 1. The Morgan fingerprint density at radius 3 is 2.62 bits per heavy atom. The van der Waals surface area contributed by atoms with E-state index in [1.54, 1.807) is 11.2 Å². The molecular weight excluding hydrogens is 290 g/mol. The molecule has 0 bridgehead atoms. The van der Waals surface area contributed by atoms with Gasteiger partial charge in [-0.25, -0.2) is 13.4 Å². The molecule has 7 heteroatoms. The molecule has 21 heavy (non-hydrogen) atoms. The van der Waals surface area contributed by atoms with Gasteiger partial charge < -0.3 is 9.47 Å². The molecule has 1 aromatic heterocycles. The Morgan fingerprint density at radius 2 is 1.90 bits per heavy atom. The summed E-state index contributed by atoms with van der Waals surface area (Å²) in [4.78, 5) is 18.4. The molecule has 112 valence electrons. The third-order valence-corrected chi connectivity index (χ3v) is 5.52. The van der Waals surface area contributed by atoms with E-state index in [-0.39, 0.29) is 30.5 Å². The van der Waals surface area contributed by atoms with Crippen LogP contribution in [-0.2, 0) is 14.6 Å². The minimum atomic E-state index is -2.98. The van der Waals surface area contributed by atoms with Crippen LogP contribution in [0.1, 0.15) is 13.0 Å². The summed E-state index contributed by atoms with van der Waals surface area (Å²) >= 11 is 0. The van der Waals surface area contributed by atoms with E-state index in [0.29, 0.717) is 0 Å². The molecule has 0 N–H and O–H groups in total. The lowest BCUT2D eigenvalue weighted by molar-refractivity contribution is -0.133. The maximum Gasteiger partial charge on any atom is 0.245 e. The Morgan fingerprint density at radius 1 is 1.24 bits per heavy atom. The molecule has 1 atom stereocenters. The molecule has 0 saturated carbocycles. The van der Waals surface area contributed by atoms with Crippen LogP contribution in [0.3, 0.4) is 0 Å². The standard InChI is InChI=1S/C14H17N3O3S/c1-11(14(18)16-6-8-21(19,20)9-7-16)17-10-15-12-4-2-3-5-13(12)17/h2-5,10-11H,6-9H2,1H3. The van der Waals surface area contributed by atoms with Crippen molar-refractivity contribution in [3.63, 3.8) is 0 Å². The quantitative estimate of drug-likeness (QED) is 0.825. The van der Waals surface area contributed by atoms with E-state index in [9.17, 15) is 13.2 Å². The zero-order valence-electron chi connectivity index (χ0n) is 11.8. The zero-order chi connectivity index (χ0) is 15.0. The smallest absolute Gasteiger partial charge is 0.245 e. The van der Waals surface area contributed by atoms with Gasteiger partial charge in [0.05, 0.1) is 28.9 Å². The maximum absolute atomic E-state index is 12.5. The third-order valence-electron chi connectivity index (χ3n) is 3.91. The summed E-state index contributed by atoms with van der Waals surface area (Å²) in [6.45, 7) is 2.37. The number of rotatable bonds is 2. The first-order valence-corrected chi connectivity index (χ1v) is 8.71. The van der Waals surface area contributed by atoms with Crippen molar-refractivity contribution in [3.8, 4) is 0 Å². The largest absolute Gasteiger partial charge is 0.339 e. The summed E-state index contributed by atoms with van der Waals surface area (Å²) in [6.07, 6.45) is 1.66. The first kappa shape index (κ1) is 14.1. The molecule has 1 saturated heterocycles. The molecule has 1 unspecified atom stereocenters. The van der Waals surface area contributed by atoms with Crippen molar-refractivity contribution in [2.24, 2.45) is 0 Å². The summed E-state index contributed by atoms with van der Waals surface area (Å²) in [5.41, 5.74) is 1.75. The lowest BCUT2D eigenvalue weighted by Crippen LogP contribution is -2.46. The number of carbonyl (C=O) groups is 1. The fourth-order valence-electron chi connectivity index (χ4n) is 2.60. The summed E-state index contributed by atoms with van der Waals surface area (Å²) < 4.78 is 24.7. The summed E-state index contributed by atoms with van der Waals surface area (Å²) in [5, 5.41) is 0. The van der Waals surface area contributed by atoms with E-state index in [0.717, 1.165) is 11.0 Å². The van der Waals surface area contributed by atoms with Crippen molar-refractivity contribution >= 4 is 26.8 Å². The van der Waals surface area contributed by atoms with Crippen LogP contribution < -0.4 is 0 Å². The van der Waals surface area contributed by atoms with Crippen LogP contribution >= 0.6 is 0 Å². The molecule has 1 aromatic carbocycles. The van der Waals surface area contributed by atoms with Crippen molar-refractivity contribution in [1.29, 1.82) is 0 Å². The number of nitrogens with zero attached hydrogens (tertiary/aromatic N) is 3. The van der Waals surface area contributed by atoms with E-state index in [2.05, 4.69) is 4.98 Å². The number of imidazole rings is 1. The van der Waals surface area contributed by atoms with Crippen LogP contribution in [0.15, 0.2) is 30.6 Å². The SMILES string of the molecule is CC(C(=O)N1CCS(=O)(=O)CC1)n1cnc2ccccc21. The number of fused-ring (bicyclic) bond motifs is 1. The number of benzene rings is 1. The van der Waals surface area contributed by atoms with Gasteiger partial charge >= 0.3 is 0 Å². The van der Waals surface area contributed by atoms with Gasteiger partial charge in [0.2, 0.25) is 5.91 Å². The fraction of sp³-hybridized carbons (Fsp3) is 0.429. The molecule has 1 fully saturated rings. The monoisotopic (exact) mass is 307 g/mol. The number of para-hydroxylation sites is 2. The molecule has 2 heterocycles. The van der Waals surface area contributed by atoms with E-state index < -0.39 is 15.9 Å². The van der Waals surface area contributed by atoms with Gasteiger partial charge in [-0.2, -0.15) is 0 Å². The number of hydrogen-bond acceptors (Lipinski definition) is 4. The molecule has 0 radical (unpaired) electrons. The van der Waals surface area contributed by atoms with Gasteiger partial charge in [0, 0.05) is 13.1 Å². The van der Waals surface area contributed by atoms with Gasteiger partial charge in [-0.1, -0.05) is 12.1 Å². The Bertz CT molecular complexity index is 768. The van der Waals surface area contributed by atoms with Gasteiger partial charge in [0.1, 0.15) is 6.04 Å². The Kier molecular flexibility index (Phi) is 3.44. The highest BCUT2D eigenvalue weighted by molar-refractivity contribution is 7.91. The first-order valence-electron chi connectivity index (χ1n) is 6.89. The van der Waals surface area contributed by atoms with E-state index in [4.69, 9.17) is 0 Å². The molecule has 0 aliphatic carbocycles. The van der Waals surface area contributed by atoms with Crippen molar-refractivity contribution in [2.45, 2.75) is 13.0 Å². The second-order valence-electron chi connectivity index (χ2n) is 5.29. The Hall–Kier alpha value is -1.89. The molecule has 3 rings (SSSR count). The van der Waals surface area contributed by atoms with Gasteiger partial charge in [0.15, 0.2) is 9.84 Å². The highest BCUT2D eigenvalue weighted by Gasteiger charge is 2.28. The van der Waals surface area contributed by atoms with Crippen LogP contribution in [0, 0.1) is 0 Å². The van der Waals surface area contributed by atoms with Crippen LogP contribution in [0.25, 0.3) is 11.0 Å². The van der Waals surface area contributed by atoms with E-state index in [1.165, 1.54) is 0 Å². The van der Waals surface area contributed by atoms with Crippen LogP contribution in [0.2, 0.25) is 0 Å². The first-order chi connectivity index (χ1) is 9.98. The van der Waals surface area contributed by atoms with Crippen molar-refractivity contribution in [3.05, 3.63) is 30.6 Å². The predicted molar refractivity (Wildman–Crippen MR) is 79.7 cm³/mol. The third kappa shape index (κ3) is 2.65. The van der Waals surface area contributed by atoms with Crippen molar-refractivity contribution in [2.75, 3.05) is 24.6 Å². The molecule has 1 aliphatic heterocycles. The predicted octanol–water partition coefficient (Wildman–Crippen LogP) is 0.854. The lowest BCUT2D eigenvalue weighted by atomic mass is 10.2. The van der Waals surface area contributed by atoms with Gasteiger partial charge in [-0.15, -0.1) is 0 Å². The zero-order valence-corrected chi connectivity index (χ0v) is 12.6. The maximum atomic E-state index is 12.5. The summed E-state index contributed by atoms with van der Waals surface area (Å²) in [5.74, 6) is 0.0415. The van der Waals surface area contributed by atoms with Crippen LogP contribution in [0.4, 0.5) is 0 Å². The molecule has 6 nitrogen and oxygen atoms in total. The number of amides is 1. The van der Waals surface area contributed by atoms with Crippen LogP contribution in [0.5, 0.6) is 0 Å². The highest BCUT2D eigenvalue weighted by Crippen LogP contribution is 2.19. The summed E-state index contributed by atoms with van der Waals surface area (Å²) in [6, 6.07) is 7.24. The lowest BCUT2D eigenvalue weighted by Gasteiger charge is -2.29. The molecule has 2 aromatic rings. The second kappa shape index (κ2) is 5.14. The Labute approximate surface area is 123 Å². The molecular formula is C14H17N3O3S. The topological polar surface area (TPSA) is 72.3 Å². The van der Waals surface area contributed by atoms with Crippen molar-refractivity contribution in [1.82, 2.24) is 14.5 Å². The van der Waals surface area contributed by atoms with Gasteiger partial charge in [0.25, 0.3) is 0 Å². The van der Waals surface area contributed by atoms with E-state index in [1.807, 2.05) is 35.8 Å². The minimum absolute atomic E-state index is 0.0517. The molecule has 1 amide bonds. The number of hydrogen-bond donors (Lipinski definition) is 0. The van der Waals surface area contributed by atoms with Crippen LogP contribution in [-0.4, -0.2) is 53.4 Å². The average molecular weight is 307 g/mol. The normalized spacial score (nSPS) is 19.6. The number of sulfone groups is 1. The summed E-state index contributed by atoms with van der Waals surface area (Å²) in [7, 11) is -2.98. The van der Waals surface area contributed by atoms with Gasteiger partial charge in [-0.3, -0.25) is 4.79 Å². The van der Waals surface area contributed by atoms with E-state index >= 15 is 0 Å². The second-order valence-corrected chi connectivity index (χ2v) is 7.60. The average Bonchev–Trinajstić information content (AvgIpc) is 2.90. The molecule has 1 aliphatic rings. The number of aromatic nitrogens is 2. The minimum Gasteiger partial charge on any atom is -0.339 e. The van der Waals surface area contributed by atoms with Gasteiger partial charge in [-0.05, 0) is 19.1 Å². The molecule has 0 spiro atoms. The Balaban J connectivity index is 1.82.